The Morgan fingerprint density at radius 2 is 2.12 bits per heavy atom. The van der Waals surface area contributed by atoms with Gasteiger partial charge in [-0.25, -0.2) is 4.98 Å². The van der Waals surface area contributed by atoms with Crippen LogP contribution in [0.3, 0.4) is 0 Å². The number of hydrogen-bond acceptors (Lipinski definition) is 4. The molecular weight excluding hydrogens is 365 g/mol. The number of hydrogen-bond donors (Lipinski definition) is 2. The largest absolute Gasteiger partial charge is 0.419 e. The van der Waals surface area contributed by atoms with Crippen LogP contribution in [0.5, 0.6) is 0 Å². The normalized spacial score (nSPS) is 18.4. The number of thioether (sulfide) groups is 1. The fourth-order valence-electron chi connectivity index (χ4n) is 3.37. The van der Waals surface area contributed by atoms with Crippen LogP contribution in [0.25, 0.3) is 11.2 Å². The third kappa shape index (κ3) is 3.09. The average molecular weight is 382 g/mol. The van der Waals surface area contributed by atoms with Crippen LogP contribution < -0.4 is 10.6 Å². The van der Waals surface area contributed by atoms with Gasteiger partial charge in [-0.05, 0) is 44.0 Å². The van der Waals surface area contributed by atoms with E-state index in [0.717, 1.165) is 37.7 Å². The Labute approximate surface area is 152 Å². The number of amides is 1. The van der Waals surface area contributed by atoms with E-state index in [1.165, 1.54) is 10.6 Å². The number of carbonyl (C=O) groups is 1. The lowest BCUT2D eigenvalue weighted by molar-refractivity contribution is -0.117. The predicted molar refractivity (Wildman–Crippen MR) is 92.6 cm³/mol. The molecule has 0 aromatic carbocycles. The summed E-state index contributed by atoms with van der Waals surface area (Å²) in [4.78, 5) is 16.3. The van der Waals surface area contributed by atoms with Crippen LogP contribution in [0.4, 0.5) is 13.2 Å². The van der Waals surface area contributed by atoms with Crippen molar-refractivity contribution in [3.05, 3.63) is 35.0 Å². The van der Waals surface area contributed by atoms with Gasteiger partial charge in [-0.15, -0.1) is 0 Å². The Hall–Kier alpha value is -2.00. The van der Waals surface area contributed by atoms with Crippen molar-refractivity contribution in [2.24, 2.45) is 5.92 Å². The first kappa shape index (κ1) is 17.4. The van der Waals surface area contributed by atoms with E-state index < -0.39 is 17.7 Å². The second-order valence-corrected chi connectivity index (χ2v) is 7.44. The number of allylic oxidation sites excluding steroid dienone is 1. The Bertz CT molecular complexity index is 884. The first-order valence-electron chi connectivity index (χ1n) is 8.40. The highest BCUT2D eigenvalue weighted by Gasteiger charge is 2.43. The quantitative estimate of drug-likeness (QED) is 0.857. The number of carbonyl (C=O) groups excluding carboxylic acids is 1. The second kappa shape index (κ2) is 6.62. The first-order valence-corrected chi connectivity index (χ1v) is 9.22. The average Bonchev–Trinajstić information content (AvgIpc) is 3.05. The van der Waals surface area contributed by atoms with Gasteiger partial charge in [-0.2, -0.15) is 13.2 Å². The van der Waals surface area contributed by atoms with Crippen LogP contribution in [-0.2, 0) is 4.79 Å². The topological polar surface area (TPSA) is 58.4 Å². The van der Waals surface area contributed by atoms with E-state index >= 15 is 0 Å². The maximum atomic E-state index is 13.7. The molecule has 0 unspecified atom stereocenters. The molecule has 1 saturated heterocycles. The lowest BCUT2D eigenvalue weighted by Gasteiger charge is -2.25. The Morgan fingerprint density at radius 1 is 1.35 bits per heavy atom. The van der Waals surface area contributed by atoms with Crippen LogP contribution in [0.1, 0.15) is 18.5 Å². The van der Waals surface area contributed by atoms with E-state index in [0.29, 0.717) is 17.2 Å². The van der Waals surface area contributed by atoms with Gasteiger partial charge in [0.05, 0.1) is 21.8 Å². The van der Waals surface area contributed by atoms with E-state index in [1.54, 1.807) is 18.2 Å². The van der Waals surface area contributed by atoms with Gasteiger partial charge < -0.3 is 10.6 Å². The van der Waals surface area contributed by atoms with Crippen molar-refractivity contribution < 1.29 is 18.0 Å². The molecule has 2 aliphatic rings. The second-order valence-electron chi connectivity index (χ2n) is 6.41. The zero-order chi connectivity index (χ0) is 18.3. The molecule has 0 spiro atoms. The van der Waals surface area contributed by atoms with Gasteiger partial charge in [0, 0.05) is 6.54 Å². The third-order valence-corrected chi connectivity index (χ3v) is 5.80. The monoisotopic (exact) mass is 382 g/mol. The van der Waals surface area contributed by atoms with Crippen molar-refractivity contribution in [2.45, 2.75) is 24.0 Å². The maximum Gasteiger partial charge on any atom is 0.419 e. The van der Waals surface area contributed by atoms with E-state index in [9.17, 15) is 18.0 Å². The molecule has 2 N–H and O–H groups in total. The van der Waals surface area contributed by atoms with Gasteiger partial charge in [0.25, 0.3) is 5.91 Å². The standard InChI is InChI=1S/C17H17F3N4OS/c18-17(19,20)14-11-9-22-12-2-1-3-13(24(11)12)26-15(14)16(25)23-8-10-4-6-21-7-5-10/h1-3,9-10,21H,4-8H2,(H,23,25). The maximum absolute atomic E-state index is 13.7. The zero-order valence-corrected chi connectivity index (χ0v) is 14.6. The summed E-state index contributed by atoms with van der Waals surface area (Å²) in [5.41, 5.74) is -0.578. The van der Waals surface area contributed by atoms with Crippen LogP contribution in [0, 0.1) is 5.92 Å². The van der Waals surface area contributed by atoms with Gasteiger partial charge in [0.15, 0.2) is 0 Å². The summed E-state index contributed by atoms with van der Waals surface area (Å²) in [6, 6.07) is 5.05. The first-order chi connectivity index (χ1) is 12.4. The van der Waals surface area contributed by atoms with Crippen LogP contribution in [0.2, 0.25) is 0 Å². The summed E-state index contributed by atoms with van der Waals surface area (Å²) in [6.45, 7) is 2.12. The molecule has 26 heavy (non-hydrogen) atoms. The van der Waals surface area contributed by atoms with E-state index in [2.05, 4.69) is 15.6 Å². The minimum atomic E-state index is -4.64. The highest BCUT2D eigenvalue weighted by Crippen LogP contribution is 2.46. The molecule has 4 rings (SSSR count). The fraction of sp³-hybridized carbons (Fsp3) is 0.412. The number of piperidine rings is 1. The Kier molecular flexibility index (Phi) is 4.44. The third-order valence-electron chi connectivity index (χ3n) is 4.68. The molecule has 2 aromatic rings. The molecule has 138 valence electrons. The number of nitrogens with one attached hydrogen (secondary N) is 2. The van der Waals surface area contributed by atoms with Crippen molar-refractivity contribution in [1.29, 1.82) is 0 Å². The van der Waals surface area contributed by atoms with Crippen molar-refractivity contribution in [2.75, 3.05) is 19.6 Å². The van der Waals surface area contributed by atoms with Crippen molar-refractivity contribution in [3.8, 4) is 0 Å². The van der Waals surface area contributed by atoms with Crippen molar-refractivity contribution >= 4 is 28.9 Å². The molecule has 0 radical (unpaired) electrons. The summed E-state index contributed by atoms with van der Waals surface area (Å²) < 4.78 is 42.7. The molecule has 5 nitrogen and oxygen atoms in total. The predicted octanol–water partition coefficient (Wildman–Crippen LogP) is 2.83. The summed E-state index contributed by atoms with van der Waals surface area (Å²) in [5, 5.41) is 6.48. The summed E-state index contributed by atoms with van der Waals surface area (Å²) >= 11 is 0.842. The molecule has 0 saturated carbocycles. The summed E-state index contributed by atoms with van der Waals surface area (Å²) in [6.07, 6.45) is -1.64. The minimum absolute atomic E-state index is 0.0890. The number of rotatable bonds is 3. The van der Waals surface area contributed by atoms with Crippen molar-refractivity contribution in [1.82, 2.24) is 20.0 Å². The fourth-order valence-corrected chi connectivity index (χ4v) is 4.50. The van der Waals surface area contributed by atoms with Gasteiger partial charge in [-0.3, -0.25) is 9.20 Å². The minimum Gasteiger partial charge on any atom is -0.351 e. The molecule has 9 heteroatoms. The number of pyridine rings is 1. The highest BCUT2D eigenvalue weighted by atomic mass is 32.2. The molecule has 0 bridgehead atoms. The molecule has 0 atom stereocenters. The molecule has 1 fully saturated rings. The number of halogens is 3. The SMILES string of the molecule is O=C(NCC1CCNCC1)C1=C(C(F)(F)F)c2cnc3cccc(n23)S1. The number of nitrogens with zero attached hydrogens (tertiary/aromatic N) is 2. The lowest BCUT2D eigenvalue weighted by Crippen LogP contribution is -2.37. The van der Waals surface area contributed by atoms with E-state index in [4.69, 9.17) is 0 Å². The van der Waals surface area contributed by atoms with Crippen LogP contribution >= 0.6 is 11.8 Å². The number of imidazole rings is 1. The van der Waals surface area contributed by atoms with Gasteiger partial charge in [0.2, 0.25) is 0 Å². The number of aromatic nitrogens is 2. The van der Waals surface area contributed by atoms with Crippen LogP contribution in [0.15, 0.2) is 34.3 Å². The van der Waals surface area contributed by atoms with Gasteiger partial charge in [0.1, 0.15) is 11.2 Å². The van der Waals surface area contributed by atoms with Gasteiger partial charge in [-0.1, -0.05) is 17.8 Å². The van der Waals surface area contributed by atoms with Gasteiger partial charge >= 0.3 is 6.18 Å². The molecular formula is C17H17F3N4OS. The smallest absolute Gasteiger partial charge is 0.351 e. The Balaban J connectivity index is 1.67. The number of alkyl halides is 3. The summed E-state index contributed by atoms with van der Waals surface area (Å²) in [7, 11) is 0. The highest BCUT2D eigenvalue weighted by molar-refractivity contribution is 8.04. The lowest BCUT2D eigenvalue weighted by atomic mass is 9.98. The van der Waals surface area contributed by atoms with E-state index in [-0.39, 0.29) is 16.5 Å². The molecule has 1 amide bonds. The summed E-state index contributed by atoms with van der Waals surface area (Å²) in [5.74, 6) is -0.386. The zero-order valence-electron chi connectivity index (χ0n) is 13.8. The Morgan fingerprint density at radius 3 is 2.85 bits per heavy atom. The molecule has 2 aliphatic heterocycles. The van der Waals surface area contributed by atoms with Crippen LogP contribution in [-0.4, -0.2) is 41.1 Å². The molecule has 2 aromatic heterocycles. The van der Waals surface area contributed by atoms with Crippen molar-refractivity contribution in [3.63, 3.8) is 0 Å². The molecule has 4 heterocycles. The molecule has 0 aliphatic carbocycles. The van der Waals surface area contributed by atoms with E-state index in [1.807, 2.05) is 0 Å².